The molecule has 0 radical (unpaired) electrons. The van der Waals surface area contributed by atoms with E-state index in [2.05, 4.69) is 11.4 Å². The number of benzene rings is 3. The Bertz CT molecular complexity index is 1290. The number of carbonyl (C=O) groups excluding carboxylic acids is 1. The molecule has 0 aromatic heterocycles. The molecule has 34 heavy (non-hydrogen) atoms. The summed E-state index contributed by atoms with van der Waals surface area (Å²) in [5, 5.41) is 3.26. The second-order valence-corrected chi connectivity index (χ2v) is 10.5. The number of nitrogens with zero attached hydrogens (tertiary/aromatic N) is 1. The molecule has 0 spiro atoms. The molecule has 3 aromatic carbocycles. The molecule has 3 rings (SSSR count). The molecule has 3 aromatic rings. The molecular formula is C26H29ClN2O4S. The van der Waals surface area contributed by atoms with Crippen molar-refractivity contribution < 1.29 is 17.9 Å². The van der Waals surface area contributed by atoms with Crippen molar-refractivity contribution in [2.75, 3.05) is 18.0 Å². The normalized spacial score (nSPS) is 12.2. The topological polar surface area (TPSA) is 75.7 Å². The van der Waals surface area contributed by atoms with Gasteiger partial charge in [0.1, 0.15) is 12.3 Å². The Morgan fingerprint density at radius 1 is 1.00 bits per heavy atom. The summed E-state index contributed by atoms with van der Waals surface area (Å²) in [6.45, 7) is 7.49. The summed E-state index contributed by atoms with van der Waals surface area (Å²) in [5.74, 6) is -0.165. The largest absolute Gasteiger partial charge is 0.495 e. The summed E-state index contributed by atoms with van der Waals surface area (Å²) >= 11 is 6.18. The number of hydrogen-bond donors (Lipinski definition) is 1. The highest BCUT2D eigenvalue weighted by Gasteiger charge is 2.30. The van der Waals surface area contributed by atoms with Crippen LogP contribution in [0.5, 0.6) is 5.75 Å². The molecule has 0 fully saturated rings. The van der Waals surface area contributed by atoms with Crippen LogP contribution in [0.15, 0.2) is 65.6 Å². The number of sulfonamides is 1. The fourth-order valence-corrected chi connectivity index (χ4v) is 5.43. The molecule has 0 unspecified atom stereocenters. The van der Waals surface area contributed by atoms with E-state index in [0.29, 0.717) is 5.02 Å². The summed E-state index contributed by atoms with van der Waals surface area (Å²) < 4.78 is 33.6. The Kier molecular flexibility index (Phi) is 7.89. The van der Waals surface area contributed by atoms with Crippen LogP contribution in [0.3, 0.4) is 0 Å². The van der Waals surface area contributed by atoms with Gasteiger partial charge < -0.3 is 10.1 Å². The number of aryl methyl sites for hydroxylation is 3. The van der Waals surface area contributed by atoms with Gasteiger partial charge in [0, 0.05) is 5.02 Å². The average Bonchev–Trinajstić information content (AvgIpc) is 2.80. The van der Waals surface area contributed by atoms with E-state index in [1.807, 2.05) is 33.8 Å². The van der Waals surface area contributed by atoms with Crippen molar-refractivity contribution in [2.45, 2.75) is 38.6 Å². The van der Waals surface area contributed by atoms with Crippen molar-refractivity contribution in [3.63, 3.8) is 0 Å². The van der Waals surface area contributed by atoms with E-state index in [0.717, 1.165) is 21.0 Å². The van der Waals surface area contributed by atoms with Gasteiger partial charge in [0.25, 0.3) is 10.0 Å². The number of methoxy groups -OCH3 is 1. The Hall–Kier alpha value is -3.03. The van der Waals surface area contributed by atoms with Crippen LogP contribution < -0.4 is 14.4 Å². The maximum atomic E-state index is 13.6. The lowest BCUT2D eigenvalue weighted by Gasteiger charge is -2.27. The quantitative estimate of drug-likeness (QED) is 0.452. The third-order valence-corrected chi connectivity index (χ3v) is 7.76. The number of rotatable bonds is 8. The Morgan fingerprint density at radius 3 is 2.29 bits per heavy atom. The number of ether oxygens (including phenoxy) is 1. The number of anilines is 1. The zero-order valence-corrected chi connectivity index (χ0v) is 21.5. The van der Waals surface area contributed by atoms with Crippen LogP contribution in [0, 0.1) is 20.8 Å². The number of amides is 1. The van der Waals surface area contributed by atoms with E-state index in [1.54, 1.807) is 30.3 Å². The first-order chi connectivity index (χ1) is 16.0. The van der Waals surface area contributed by atoms with E-state index in [-0.39, 0.29) is 22.4 Å². The molecule has 0 aliphatic carbocycles. The molecule has 0 heterocycles. The minimum Gasteiger partial charge on any atom is -0.495 e. The second-order valence-electron chi connectivity index (χ2n) is 8.22. The summed E-state index contributed by atoms with van der Waals surface area (Å²) in [4.78, 5) is 13.2. The highest BCUT2D eigenvalue weighted by atomic mass is 35.5. The highest BCUT2D eigenvalue weighted by molar-refractivity contribution is 7.92. The van der Waals surface area contributed by atoms with Crippen LogP contribution in [0.4, 0.5) is 5.69 Å². The molecule has 0 aliphatic rings. The number of carbonyl (C=O) groups is 1. The number of nitrogens with one attached hydrogen (secondary N) is 1. The van der Waals surface area contributed by atoms with Crippen LogP contribution in [0.25, 0.3) is 0 Å². The third-order valence-electron chi connectivity index (χ3n) is 5.75. The van der Waals surface area contributed by atoms with E-state index in [9.17, 15) is 13.2 Å². The second kappa shape index (κ2) is 10.5. The molecule has 6 nitrogen and oxygen atoms in total. The molecule has 0 bridgehead atoms. The molecule has 0 saturated carbocycles. The number of halogens is 1. The molecular weight excluding hydrogens is 472 g/mol. The first-order valence-corrected chi connectivity index (χ1v) is 12.6. The van der Waals surface area contributed by atoms with Crippen LogP contribution in [-0.4, -0.2) is 28.0 Å². The average molecular weight is 501 g/mol. The van der Waals surface area contributed by atoms with E-state index < -0.39 is 22.5 Å². The van der Waals surface area contributed by atoms with Gasteiger partial charge in [-0.1, -0.05) is 41.9 Å². The maximum absolute atomic E-state index is 13.6. The van der Waals surface area contributed by atoms with Crippen molar-refractivity contribution in [1.82, 2.24) is 5.32 Å². The first-order valence-electron chi connectivity index (χ1n) is 10.8. The van der Waals surface area contributed by atoms with Crippen LogP contribution >= 0.6 is 11.6 Å². The van der Waals surface area contributed by atoms with E-state index in [4.69, 9.17) is 16.3 Å². The number of hydrogen-bond acceptors (Lipinski definition) is 4. The van der Waals surface area contributed by atoms with Gasteiger partial charge in [-0.15, -0.1) is 0 Å². The fourth-order valence-electron chi connectivity index (χ4n) is 3.82. The highest BCUT2D eigenvalue weighted by Crippen LogP contribution is 2.35. The lowest BCUT2D eigenvalue weighted by Crippen LogP contribution is -2.41. The van der Waals surface area contributed by atoms with Gasteiger partial charge in [-0.05, 0) is 80.3 Å². The van der Waals surface area contributed by atoms with Gasteiger partial charge in [0.05, 0.1) is 23.7 Å². The van der Waals surface area contributed by atoms with Crippen molar-refractivity contribution in [2.24, 2.45) is 0 Å². The summed E-state index contributed by atoms with van der Waals surface area (Å²) in [7, 11) is -2.65. The molecule has 1 N–H and O–H groups in total. The van der Waals surface area contributed by atoms with E-state index in [1.165, 1.54) is 30.9 Å². The summed E-state index contributed by atoms with van der Waals surface area (Å²) in [6, 6.07) is 16.4. The molecule has 0 saturated heterocycles. The van der Waals surface area contributed by atoms with Crippen molar-refractivity contribution in [3.05, 3.63) is 87.9 Å². The molecule has 1 amide bonds. The third kappa shape index (κ3) is 5.54. The maximum Gasteiger partial charge on any atom is 0.264 e. The summed E-state index contributed by atoms with van der Waals surface area (Å²) in [5.41, 5.74) is 4.52. The molecule has 1 atom stereocenters. The Labute approximate surface area is 206 Å². The first kappa shape index (κ1) is 25.6. The van der Waals surface area contributed by atoms with Gasteiger partial charge in [-0.25, -0.2) is 8.42 Å². The lowest BCUT2D eigenvalue weighted by molar-refractivity contribution is -0.120. The van der Waals surface area contributed by atoms with Crippen molar-refractivity contribution >= 4 is 33.2 Å². The minimum atomic E-state index is -4.09. The summed E-state index contributed by atoms with van der Waals surface area (Å²) in [6.07, 6.45) is 0. The Morgan fingerprint density at radius 2 is 1.65 bits per heavy atom. The Balaban J connectivity index is 1.97. The van der Waals surface area contributed by atoms with Crippen LogP contribution in [-0.2, 0) is 14.8 Å². The fraction of sp³-hybridized carbons (Fsp3) is 0.269. The smallest absolute Gasteiger partial charge is 0.264 e. The predicted octanol–water partition coefficient (Wildman–Crippen LogP) is 5.35. The predicted molar refractivity (Wildman–Crippen MR) is 136 cm³/mol. The molecule has 180 valence electrons. The molecule has 0 aliphatic heterocycles. The lowest BCUT2D eigenvalue weighted by atomic mass is 9.96. The zero-order chi connectivity index (χ0) is 25.0. The van der Waals surface area contributed by atoms with Gasteiger partial charge in [0.2, 0.25) is 5.91 Å². The van der Waals surface area contributed by atoms with E-state index >= 15 is 0 Å². The van der Waals surface area contributed by atoms with Gasteiger partial charge in [0.15, 0.2) is 0 Å². The van der Waals surface area contributed by atoms with Crippen LogP contribution in [0.2, 0.25) is 5.02 Å². The monoisotopic (exact) mass is 500 g/mol. The molecule has 8 heteroatoms. The SMILES string of the molecule is COc1ccc(Cl)cc1N(CC(=O)N[C@@H](C)c1cc(C)c(C)cc1C)S(=O)(=O)c1ccccc1. The minimum absolute atomic E-state index is 0.0582. The van der Waals surface area contributed by atoms with Gasteiger partial charge >= 0.3 is 0 Å². The zero-order valence-electron chi connectivity index (χ0n) is 19.9. The van der Waals surface area contributed by atoms with Crippen molar-refractivity contribution in [3.8, 4) is 5.75 Å². The standard InChI is InChI=1S/C26H29ClN2O4S/c1-17-13-19(3)23(14-18(17)2)20(4)28-26(30)16-29(24-15-21(27)11-12-25(24)33-5)34(31,32)22-9-7-6-8-10-22/h6-15,20H,16H2,1-5H3,(H,28,30)/t20-/m0/s1. The van der Waals surface area contributed by atoms with Gasteiger partial charge in [-0.3, -0.25) is 9.10 Å². The van der Waals surface area contributed by atoms with Gasteiger partial charge in [-0.2, -0.15) is 0 Å². The van der Waals surface area contributed by atoms with Crippen LogP contribution in [0.1, 0.15) is 35.2 Å². The van der Waals surface area contributed by atoms with Crippen molar-refractivity contribution in [1.29, 1.82) is 0 Å².